The summed E-state index contributed by atoms with van der Waals surface area (Å²) in [6, 6.07) is 3.64. The number of allylic oxidation sites excluding steroid dienone is 1. The van der Waals surface area contributed by atoms with E-state index in [0.29, 0.717) is 12.0 Å². The van der Waals surface area contributed by atoms with Crippen molar-refractivity contribution in [2.24, 2.45) is 0 Å². The van der Waals surface area contributed by atoms with Gasteiger partial charge in [0.05, 0.1) is 0 Å². The van der Waals surface area contributed by atoms with E-state index in [4.69, 9.17) is 0 Å². The molecular formula is C9H11NO. The molecule has 2 heteroatoms. The van der Waals surface area contributed by atoms with Crippen molar-refractivity contribution >= 4 is 5.91 Å². The number of carbonyl (C=O) groups excluding carboxylic acids is 1. The van der Waals surface area contributed by atoms with Gasteiger partial charge in [0.15, 0.2) is 0 Å². The second kappa shape index (κ2) is 3.19. The van der Waals surface area contributed by atoms with Crippen molar-refractivity contribution in [1.29, 1.82) is 0 Å². The Labute approximate surface area is 66.1 Å². The lowest BCUT2D eigenvalue weighted by atomic mass is 10.2. The zero-order valence-corrected chi connectivity index (χ0v) is 6.58. The topological polar surface area (TPSA) is 22.0 Å². The van der Waals surface area contributed by atoms with Gasteiger partial charge in [-0.3, -0.25) is 9.36 Å². The largest absolute Gasteiger partial charge is 0.291 e. The van der Waals surface area contributed by atoms with E-state index in [1.807, 2.05) is 19.1 Å². The molecule has 0 unspecified atom stereocenters. The standard InChI is InChI=1S/C9H11NO/c1-3-8(2)9(11)10-6-4-5-7-10/h4-7H,2-3H2,1H3. The molecule has 58 valence electrons. The molecule has 0 aliphatic rings. The molecule has 1 aromatic rings. The van der Waals surface area contributed by atoms with Crippen LogP contribution in [0.4, 0.5) is 0 Å². The van der Waals surface area contributed by atoms with E-state index in [9.17, 15) is 4.79 Å². The van der Waals surface area contributed by atoms with E-state index >= 15 is 0 Å². The van der Waals surface area contributed by atoms with Crippen LogP contribution >= 0.6 is 0 Å². The molecule has 2 nitrogen and oxygen atoms in total. The second-order valence-electron chi connectivity index (χ2n) is 2.35. The summed E-state index contributed by atoms with van der Waals surface area (Å²) >= 11 is 0. The highest BCUT2D eigenvalue weighted by Gasteiger charge is 2.04. The maximum Gasteiger partial charge on any atom is 0.257 e. The Balaban J connectivity index is 2.79. The molecule has 0 radical (unpaired) electrons. The molecule has 0 spiro atoms. The van der Waals surface area contributed by atoms with Gasteiger partial charge in [0.1, 0.15) is 0 Å². The van der Waals surface area contributed by atoms with Crippen molar-refractivity contribution in [3.8, 4) is 0 Å². The van der Waals surface area contributed by atoms with Crippen LogP contribution in [-0.4, -0.2) is 10.5 Å². The molecule has 0 saturated heterocycles. The molecule has 0 aromatic carbocycles. The predicted molar refractivity (Wildman–Crippen MR) is 44.5 cm³/mol. The van der Waals surface area contributed by atoms with Crippen molar-refractivity contribution in [3.63, 3.8) is 0 Å². The predicted octanol–water partition coefficient (Wildman–Crippen LogP) is 2.09. The van der Waals surface area contributed by atoms with Crippen LogP contribution in [0.2, 0.25) is 0 Å². The molecule has 1 heterocycles. The van der Waals surface area contributed by atoms with Crippen LogP contribution in [0, 0.1) is 0 Å². The van der Waals surface area contributed by atoms with Crippen LogP contribution in [0.25, 0.3) is 0 Å². The first-order chi connectivity index (χ1) is 5.25. The molecule has 1 rings (SSSR count). The summed E-state index contributed by atoms with van der Waals surface area (Å²) in [5, 5.41) is 0. The Kier molecular flexibility index (Phi) is 2.26. The van der Waals surface area contributed by atoms with E-state index in [-0.39, 0.29) is 5.91 Å². The third kappa shape index (κ3) is 1.58. The first-order valence-electron chi connectivity index (χ1n) is 3.61. The van der Waals surface area contributed by atoms with E-state index in [1.165, 1.54) is 4.57 Å². The summed E-state index contributed by atoms with van der Waals surface area (Å²) in [6.45, 7) is 5.58. The Morgan fingerprint density at radius 2 is 2.00 bits per heavy atom. The molecule has 11 heavy (non-hydrogen) atoms. The molecule has 0 bridgehead atoms. The lowest BCUT2D eigenvalue weighted by molar-refractivity contribution is 0.0953. The minimum atomic E-state index is -0.0162. The van der Waals surface area contributed by atoms with Crippen molar-refractivity contribution in [1.82, 2.24) is 4.57 Å². The Morgan fingerprint density at radius 1 is 1.45 bits per heavy atom. The zero-order chi connectivity index (χ0) is 8.27. The first kappa shape index (κ1) is 7.79. The molecule has 0 aliphatic carbocycles. The second-order valence-corrected chi connectivity index (χ2v) is 2.35. The third-order valence-electron chi connectivity index (χ3n) is 1.57. The van der Waals surface area contributed by atoms with Gasteiger partial charge in [-0.1, -0.05) is 13.5 Å². The van der Waals surface area contributed by atoms with Gasteiger partial charge in [-0.25, -0.2) is 0 Å². The van der Waals surface area contributed by atoms with Crippen LogP contribution < -0.4 is 0 Å². The van der Waals surface area contributed by atoms with E-state index < -0.39 is 0 Å². The van der Waals surface area contributed by atoms with Gasteiger partial charge in [0, 0.05) is 18.0 Å². The Bertz CT molecular complexity index is 259. The van der Waals surface area contributed by atoms with Crippen LogP contribution in [-0.2, 0) is 0 Å². The average molecular weight is 149 g/mol. The van der Waals surface area contributed by atoms with E-state index in [2.05, 4.69) is 6.58 Å². The molecule has 0 amide bonds. The molecule has 0 N–H and O–H groups in total. The lowest BCUT2D eigenvalue weighted by Crippen LogP contribution is -2.09. The Hall–Kier alpha value is -1.31. The quantitative estimate of drug-likeness (QED) is 0.590. The monoisotopic (exact) mass is 149 g/mol. The summed E-state index contributed by atoms with van der Waals surface area (Å²) in [7, 11) is 0. The van der Waals surface area contributed by atoms with E-state index in [0.717, 1.165) is 0 Å². The summed E-state index contributed by atoms with van der Waals surface area (Å²) in [6.07, 6.45) is 4.16. The lowest BCUT2D eigenvalue weighted by Gasteiger charge is -2.00. The van der Waals surface area contributed by atoms with Crippen molar-refractivity contribution in [3.05, 3.63) is 36.7 Å². The fraction of sp³-hybridized carbons (Fsp3) is 0.222. The van der Waals surface area contributed by atoms with Crippen LogP contribution in [0.15, 0.2) is 36.7 Å². The third-order valence-corrected chi connectivity index (χ3v) is 1.57. The van der Waals surface area contributed by atoms with E-state index in [1.54, 1.807) is 12.4 Å². The van der Waals surface area contributed by atoms with Gasteiger partial charge in [0.2, 0.25) is 0 Å². The van der Waals surface area contributed by atoms with Crippen LogP contribution in [0.3, 0.4) is 0 Å². The minimum absolute atomic E-state index is 0.0162. The average Bonchev–Trinajstić information content (AvgIpc) is 2.53. The van der Waals surface area contributed by atoms with Gasteiger partial charge in [-0.05, 0) is 18.6 Å². The number of nitrogens with zero attached hydrogens (tertiary/aromatic N) is 1. The SMILES string of the molecule is C=C(CC)C(=O)n1cccc1. The minimum Gasteiger partial charge on any atom is -0.291 e. The highest BCUT2D eigenvalue weighted by atomic mass is 16.2. The van der Waals surface area contributed by atoms with Crippen molar-refractivity contribution in [2.75, 3.05) is 0 Å². The summed E-state index contributed by atoms with van der Waals surface area (Å²) in [4.78, 5) is 11.3. The number of aromatic nitrogens is 1. The van der Waals surface area contributed by atoms with Gasteiger partial charge in [-0.15, -0.1) is 0 Å². The maximum atomic E-state index is 11.3. The normalized spacial score (nSPS) is 9.55. The van der Waals surface area contributed by atoms with Gasteiger partial charge >= 0.3 is 0 Å². The molecule has 0 fully saturated rings. The highest BCUT2D eigenvalue weighted by molar-refractivity contribution is 5.94. The molecular weight excluding hydrogens is 138 g/mol. The van der Waals surface area contributed by atoms with Gasteiger partial charge in [0.25, 0.3) is 5.91 Å². The summed E-state index contributed by atoms with van der Waals surface area (Å²) < 4.78 is 1.53. The fourth-order valence-electron chi connectivity index (χ4n) is 0.804. The molecule has 1 aromatic heterocycles. The number of rotatable bonds is 2. The molecule has 0 aliphatic heterocycles. The maximum absolute atomic E-state index is 11.3. The van der Waals surface area contributed by atoms with Crippen LogP contribution in [0.5, 0.6) is 0 Å². The summed E-state index contributed by atoms with van der Waals surface area (Å²) in [5.74, 6) is -0.0162. The zero-order valence-electron chi connectivity index (χ0n) is 6.58. The number of hydrogen-bond donors (Lipinski definition) is 0. The van der Waals surface area contributed by atoms with Gasteiger partial charge < -0.3 is 0 Å². The number of carbonyl (C=O) groups is 1. The number of hydrogen-bond acceptors (Lipinski definition) is 1. The first-order valence-corrected chi connectivity index (χ1v) is 3.61. The molecule has 0 saturated carbocycles. The molecule has 0 atom stereocenters. The highest BCUT2D eigenvalue weighted by Crippen LogP contribution is 2.01. The fourth-order valence-corrected chi connectivity index (χ4v) is 0.804. The van der Waals surface area contributed by atoms with Crippen LogP contribution in [0.1, 0.15) is 18.1 Å². The van der Waals surface area contributed by atoms with Crippen molar-refractivity contribution < 1.29 is 4.79 Å². The smallest absolute Gasteiger partial charge is 0.257 e. The van der Waals surface area contributed by atoms with Gasteiger partial charge in [-0.2, -0.15) is 0 Å². The Morgan fingerprint density at radius 3 is 2.45 bits per heavy atom. The van der Waals surface area contributed by atoms with Crippen molar-refractivity contribution in [2.45, 2.75) is 13.3 Å². The summed E-state index contributed by atoms with van der Waals surface area (Å²) in [5.41, 5.74) is 0.640.